The fraction of sp³-hybridized carbons (Fsp3) is 0.667. The quantitative estimate of drug-likeness (QED) is 0.0291. The number of aromatic nitrogens is 4. The van der Waals surface area contributed by atoms with Crippen LogP contribution in [0.2, 0.25) is 0 Å². The molecule has 1 aliphatic rings. The van der Waals surface area contributed by atoms with Gasteiger partial charge in [-0.3, -0.25) is 32.8 Å². The van der Waals surface area contributed by atoms with Gasteiger partial charge in [0.2, 0.25) is 11.8 Å². The van der Waals surface area contributed by atoms with Gasteiger partial charge in [-0.05, 0) is 6.92 Å². The molecule has 2 aromatic heterocycles. The predicted molar refractivity (Wildman–Crippen MR) is 188 cm³/mol. The number of ether oxygens (including phenoxy) is 1. The molecular weight excluding hydrogens is 936 g/mol. The van der Waals surface area contributed by atoms with Crippen molar-refractivity contribution in [2.45, 2.75) is 76.3 Å². The van der Waals surface area contributed by atoms with Crippen LogP contribution in [0.4, 0.5) is 5.82 Å². The second-order valence-corrected chi connectivity index (χ2v) is 18.7. The molecule has 0 spiro atoms. The zero-order chi connectivity index (χ0) is 43.9. The number of aliphatic hydroxyl groups is 3. The molecule has 3 heterocycles. The van der Waals surface area contributed by atoms with Crippen molar-refractivity contribution in [3.63, 3.8) is 0 Å². The van der Waals surface area contributed by atoms with Gasteiger partial charge in [0.1, 0.15) is 36.3 Å². The number of hydrogen-bond donors (Lipinski definition) is 8. The third-order valence-electron chi connectivity index (χ3n) is 7.81. The van der Waals surface area contributed by atoms with Gasteiger partial charge in [-0.15, -0.1) is 0 Å². The van der Waals surface area contributed by atoms with Crippen molar-refractivity contribution >= 4 is 75.1 Å². The maximum Gasteiger partial charge on any atom is 1.00 e. The van der Waals surface area contributed by atoms with E-state index in [0.29, 0.717) is 0 Å². The van der Waals surface area contributed by atoms with Gasteiger partial charge < -0.3 is 74.7 Å². The molecule has 0 aliphatic carbocycles. The number of amides is 2. The van der Waals surface area contributed by atoms with E-state index in [1.807, 2.05) is 0 Å². The average molecular weight is 978 g/mol. The van der Waals surface area contributed by atoms with Crippen LogP contribution in [-0.2, 0) is 55.5 Å². The Hall–Kier alpha value is -0.0100. The van der Waals surface area contributed by atoms with Crippen molar-refractivity contribution in [2.24, 2.45) is 5.41 Å². The molecule has 2 amide bonds. The first-order chi connectivity index (χ1) is 26.6. The summed E-state index contributed by atoms with van der Waals surface area (Å²) in [4.78, 5) is 104. The first-order valence-corrected chi connectivity index (χ1v) is 22.0. The summed E-state index contributed by atoms with van der Waals surface area (Å²) in [6, 6.07) is 0. The first kappa shape index (κ1) is 61.0. The van der Waals surface area contributed by atoms with Crippen LogP contribution < -0.4 is 120 Å². The summed E-state index contributed by atoms with van der Waals surface area (Å²) in [5.74, 6) is -2.89. The first-order valence-electron chi connectivity index (χ1n) is 16.6. The Morgan fingerprint density at radius 1 is 1.03 bits per heavy atom. The van der Waals surface area contributed by atoms with E-state index in [-0.39, 0.29) is 131 Å². The number of thioether (sulfide) groups is 1. The number of carbonyl (C=O) groups is 4. The van der Waals surface area contributed by atoms with Crippen molar-refractivity contribution < 1.29 is 184 Å². The minimum absolute atomic E-state index is 0. The minimum atomic E-state index is -5.85. The number of anilines is 1. The maximum absolute atomic E-state index is 12.6. The number of imidazole rings is 1. The smallest absolute Gasteiger partial charge is 0.790 e. The number of carbonyl (C=O) groups excluding carboxylic acids is 3. The molecule has 1 aliphatic heterocycles. The van der Waals surface area contributed by atoms with Gasteiger partial charge >= 0.3 is 102 Å². The largest absolute Gasteiger partial charge is 1.00 e. The van der Waals surface area contributed by atoms with Crippen molar-refractivity contribution in [1.82, 2.24) is 30.2 Å². The van der Waals surface area contributed by atoms with Gasteiger partial charge in [-0.1, -0.05) is 25.6 Å². The molecule has 0 bridgehead atoms. The fourth-order valence-corrected chi connectivity index (χ4v) is 8.65. The Kier molecular flexibility index (Phi) is 25.8. The van der Waals surface area contributed by atoms with Gasteiger partial charge in [-0.2, -0.15) is 0 Å². The molecule has 1 saturated heterocycles. The Bertz CT molecular complexity index is 1970. The van der Waals surface area contributed by atoms with Crippen LogP contribution in [-0.4, -0.2) is 130 Å². The van der Waals surface area contributed by atoms with E-state index in [4.69, 9.17) is 15.6 Å². The summed E-state index contributed by atoms with van der Waals surface area (Å²) in [6.07, 6.45) is -8.75. The van der Waals surface area contributed by atoms with Crippen molar-refractivity contribution in [3.8, 4) is 0 Å². The summed E-state index contributed by atoms with van der Waals surface area (Å²) >= 11 is 0.763. The molecule has 8 atom stereocenters. The number of nitrogens with two attached hydrogens (primary N) is 1. The minimum Gasteiger partial charge on any atom is -0.790 e. The van der Waals surface area contributed by atoms with Gasteiger partial charge in [0.15, 0.2) is 22.8 Å². The molecule has 9 N–H and O–H groups in total. The molecular formula is C27H41N7Na3O20P3S. The molecule has 328 valence electrons. The molecule has 61 heavy (non-hydrogen) atoms. The molecule has 0 saturated carbocycles. The summed E-state index contributed by atoms with van der Waals surface area (Å²) in [6.45, 7) is 1.02. The number of hydrogen-bond acceptors (Lipinski definition) is 23. The van der Waals surface area contributed by atoms with E-state index < -0.39 is 114 Å². The number of carboxylic acids is 1. The summed E-state index contributed by atoms with van der Waals surface area (Å²) in [5.41, 5.74) is 2.29. The van der Waals surface area contributed by atoms with Crippen LogP contribution in [0, 0.1) is 5.41 Å². The van der Waals surface area contributed by atoms with Crippen molar-refractivity contribution in [2.75, 3.05) is 37.8 Å². The van der Waals surface area contributed by atoms with Crippen LogP contribution in [0.1, 0.15) is 46.3 Å². The van der Waals surface area contributed by atoms with E-state index >= 15 is 0 Å². The normalized spacial score (nSPS) is 21.3. The van der Waals surface area contributed by atoms with Crippen LogP contribution in [0.15, 0.2) is 12.7 Å². The number of nitrogens with one attached hydrogen (secondary N) is 2. The number of rotatable bonds is 23. The molecule has 3 rings (SSSR count). The van der Waals surface area contributed by atoms with Gasteiger partial charge in [0.05, 0.1) is 39.4 Å². The second kappa shape index (κ2) is 25.8. The SMILES string of the molecule is CC(O)(CC(=O)O)CC(=O)SCCNC(=O)CCNC(=O)[C@H](O)C(C)(C)COP(=O)([O-])OP(=O)(O)OC[C@H]1O[C@@H](n2cnc3c(N)ncnc32)[C@H](O)[C@@H]1OP(=O)([O-])[O-].[Na+].[Na+].[Na+]. The van der Waals surface area contributed by atoms with Crippen LogP contribution in [0.5, 0.6) is 0 Å². The third-order valence-corrected chi connectivity index (χ3v) is 11.7. The monoisotopic (exact) mass is 977 g/mol. The summed E-state index contributed by atoms with van der Waals surface area (Å²) < 4.78 is 60.8. The van der Waals surface area contributed by atoms with Crippen molar-refractivity contribution in [3.05, 3.63) is 12.7 Å². The van der Waals surface area contributed by atoms with Gasteiger partial charge in [0, 0.05) is 37.1 Å². The van der Waals surface area contributed by atoms with Crippen LogP contribution in [0.3, 0.4) is 0 Å². The predicted octanol–water partition coefficient (Wildman–Crippen LogP) is -12.6. The molecule has 1 fully saturated rings. The Morgan fingerprint density at radius 2 is 1.67 bits per heavy atom. The zero-order valence-electron chi connectivity index (χ0n) is 33.7. The standard InChI is InChI=1S/C27H44N7O20P3S.3Na/c1-26(2,21(40)24(41)30-5-4-15(35)29-6-7-58-17(38)9-27(3,42)8-16(36)37)11-51-57(48,49)54-56(46,47)50-10-14-20(53-55(43,44)45)19(39)25(52-14)34-13-33-18-22(28)31-12-32-23(18)34;;;/h12-14,19-21,25,39-40,42H,4-11H2,1-3H3,(H,29,35)(H,30,41)(H,36,37)(H,46,47)(H,48,49)(H2,28,31,32)(H2,43,44,45);;;/q;3*+1/p-3/t14-,19-,20-,21+,25-,27?;;;/m1.../s1. The van der Waals surface area contributed by atoms with E-state index in [1.165, 1.54) is 20.8 Å². The Morgan fingerprint density at radius 3 is 2.28 bits per heavy atom. The zero-order valence-corrected chi connectivity index (χ0v) is 43.2. The number of aliphatic hydroxyl groups excluding tert-OH is 2. The Balaban J connectivity index is 0.0000120. The number of carboxylic acid groups (broad SMARTS) is 1. The number of aliphatic carboxylic acids is 1. The van der Waals surface area contributed by atoms with Gasteiger partial charge in [0.25, 0.3) is 7.82 Å². The van der Waals surface area contributed by atoms with E-state index in [0.717, 1.165) is 29.0 Å². The molecule has 27 nitrogen and oxygen atoms in total. The van der Waals surface area contributed by atoms with Gasteiger partial charge in [-0.25, -0.2) is 23.8 Å². The molecule has 0 radical (unpaired) electrons. The number of nitrogens with zero attached hydrogens (tertiary/aromatic N) is 4. The van der Waals surface area contributed by atoms with Crippen LogP contribution in [0.25, 0.3) is 11.2 Å². The number of phosphoric acid groups is 3. The summed E-state index contributed by atoms with van der Waals surface area (Å²) in [5, 5.41) is 44.3. The Labute approximate surface area is 417 Å². The second-order valence-electron chi connectivity index (χ2n) is 13.5. The number of fused-ring (bicyclic) bond motifs is 1. The maximum atomic E-state index is 12.6. The van der Waals surface area contributed by atoms with E-state index in [1.54, 1.807) is 0 Å². The van der Waals surface area contributed by atoms with Crippen LogP contribution >= 0.6 is 35.2 Å². The fourth-order valence-electron chi connectivity index (χ4n) is 5.03. The van der Waals surface area contributed by atoms with E-state index in [2.05, 4.69) is 43.5 Å². The van der Waals surface area contributed by atoms with Crippen molar-refractivity contribution in [1.29, 1.82) is 0 Å². The number of nitrogen functional groups attached to an aromatic ring is 1. The topological polar surface area (TPSA) is 430 Å². The van der Waals surface area contributed by atoms with E-state index in [9.17, 15) is 67.8 Å². The molecule has 3 unspecified atom stereocenters. The average Bonchev–Trinajstić information content (AvgIpc) is 3.63. The molecule has 0 aromatic carbocycles. The third kappa shape index (κ3) is 20.2. The molecule has 2 aromatic rings. The number of phosphoric ester groups is 3. The molecule has 34 heteroatoms. The summed E-state index contributed by atoms with van der Waals surface area (Å²) in [7, 11) is -17.4.